The second kappa shape index (κ2) is 22.5. The maximum Gasteiger partial charge on any atom is 0.143 e. The van der Waals surface area contributed by atoms with Crippen molar-refractivity contribution >= 4 is 33.2 Å². The van der Waals surface area contributed by atoms with Crippen LogP contribution < -0.4 is 11.1 Å². The molecule has 0 bridgehead atoms. The summed E-state index contributed by atoms with van der Waals surface area (Å²) in [4.78, 5) is 5.79. The van der Waals surface area contributed by atoms with Crippen molar-refractivity contribution in [3.63, 3.8) is 0 Å². The first kappa shape index (κ1) is 49.0. The van der Waals surface area contributed by atoms with E-state index in [-0.39, 0.29) is 41.8 Å². The fourth-order valence-corrected chi connectivity index (χ4v) is 12.6. The molecule has 8 unspecified atom stereocenters. The zero-order chi connectivity index (χ0) is 50.4. The van der Waals surface area contributed by atoms with Gasteiger partial charge in [0.05, 0.1) is 12.1 Å². The van der Waals surface area contributed by atoms with Crippen LogP contribution in [0.4, 0.5) is 0 Å². The summed E-state index contributed by atoms with van der Waals surface area (Å²) < 4.78 is 6.56. The van der Waals surface area contributed by atoms with E-state index in [0.717, 1.165) is 89.3 Å². The molecule has 4 heteroatoms. The standard InChI is InChI=1S/C70H71N3O/c1-4-25-57(50-26-13-8-14-27-50)64(51-28-15-9-16-29-51)69-61-38-20-19-37-60(61)65(68(73-69)54-32-17-10-18-33-54)52-44-42-49(43-45-52)48(3)72-67(47(2)66(71)53-30-11-6-5-7-12-31-53)56-35-23-34-55(46-56)58-39-24-40-62-59-36-21-22-41-63(59)74-70(58)62/h4,9-11,13,15-18,20-36,38-42,44-49,60-61,65-66,68,73H,1,5-8,12,14,19,37,43,71H2,2-3H3/b30-11+,53-31+,57-25-,69-64-,72-67+. The number of hydrogen-bond donors (Lipinski definition) is 2. The summed E-state index contributed by atoms with van der Waals surface area (Å²) in [5.74, 6) is 1.07. The zero-order valence-corrected chi connectivity index (χ0v) is 43.3. The van der Waals surface area contributed by atoms with Crippen LogP contribution in [-0.2, 0) is 0 Å². The zero-order valence-electron chi connectivity index (χ0n) is 43.3. The second-order valence-corrected chi connectivity index (χ2v) is 21.1. The first-order valence-electron chi connectivity index (χ1n) is 27.5. The fraction of sp³-hybridized carbons (Fsp3) is 0.271. The van der Waals surface area contributed by atoms with E-state index in [2.05, 4.69) is 220 Å². The quantitative estimate of drug-likeness (QED) is 0.0689. The summed E-state index contributed by atoms with van der Waals surface area (Å²) >= 11 is 0. The fourth-order valence-electron chi connectivity index (χ4n) is 12.6. The van der Waals surface area contributed by atoms with Crippen LogP contribution in [-0.4, -0.2) is 17.8 Å². The van der Waals surface area contributed by atoms with E-state index in [4.69, 9.17) is 15.1 Å². The van der Waals surface area contributed by atoms with Gasteiger partial charge in [0.2, 0.25) is 0 Å². The van der Waals surface area contributed by atoms with Gasteiger partial charge in [0, 0.05) is 63.0 Å². The SMILES string of the molecule is C=C/C=C(C1=CCCC=C1)\C(=C1/NC(c2ccccc2)C(C2=CCC(C(C)/N=C(/c3cccc(-c4cccc5c4oc4ccccc45)c3)C(C)C(N)C3=C/CCCC\C=C\3)C=C2)C2CCC=CC12)c1ccccc1. The summed E-state index contributed by atoms with van der Waals surface area (Å²) in [5.41, 5.74) is 23.8. The van der Waals surface area contributed by atoms with Gasteiger partial charge in [0.25, 0.3) is 0 Å². The van der Waals surface area contributed by atoms with Gasteiger partial charge >= 0.3 is 0 Å². The number of piperidine rings is 1. The predicted octanol–water partition coefficient (Wildman–Crippen LogP) is 17.3. The molecule has 1 aliphatic heterocycles. The lowest BCUT2D eigenvalue weighted by Crippen LogP contribution is -2.46. The highest BCUT2D eigenvalue weighted by Crippen LogP contribution is 2.52. The largest absolute Gasteiger partial charge is 0.455 e. The highest BCUT2D eigenvalue weighted by atomic mass is 16.3. The van der Waals surface area contributed by atoms with Crippen LogP contribution in [0.15, 0.2) is 250 Å². The lowest BCUT2D eigenvalue weighted by atomic mass is 9.63. The number of furan rings is 1. The maximum atomic E-state index is 7.35. The number of nitrogens with one attached hydrogen (secondary N) is 1. The highest BCUT2D eigenvalue weighted by molar-refractivity contribution is 6.10. The number of hydrogen-bond acceptors (Lipinski definition) is 4. The van der Waals surface area contributed by atoms with E-state index in [1.54, 1.807) is 0 Å². The Balaban J connectivity index is 0.950. The van der Waals surface area contributed by atoms with Gasteiger partial charge in [-0.15, -0.1) is 0 Å². The average Bonchev–Trinajstić information content (AvgIpc) is 3.84. The number of aliphatic imine (C=N–C) groups is 1. The molecule has 2 heterocycles. The number of fused-ring (bicyclic) bond motifs is 4. The summed E-state index contributed by atoms with van der Waals surface area (Å²) in [6.07, 6.45) is 40.4. The van der Waals surface area contributed by atoms with Gasteiger partial charge < -0.3 is 15.5 Å². The van der Waals surface area contributed by atoms with Gasteiger partial charge in [-0.05, 0) is 127 Å². The monoisotopic (exact) mass is 970 g/mol. The van der Waals surface area contributed by atoms with Crippen LogP contribution >= 0.6 is 0 Å². The van der Waals surface area contributed by atoms with E-state index in [1.807, 2.05) is 12.1 Å². The third kappa shape index (κ3) is 10.1. The van der Waals surface area contributed by atoms with Crippen molar-refractivity contribution in [3.05, 3.63) is 258 Å². The maximum absolute atomic E-state index is 7.35. The van der Waals surface area contributed by atoms with E-state index >= 15 is 0 Å². The molecule has 0 radical (unpaired) electrons. The molecule has 372 valence electrons. The Labute approximate surface area is 439 Å². The third-order valence-corrected chi connectivity index (χ3v) is 16.5. The van der Waals surface area contributed by atoms with Gasteiger partial charge in [0.1, 0.15) is 11.2 Å². The minimum absolute atomic E-state index is 0.0129. The first-order valence-corrected chi connectivity index (χ1v) is 27.5. The molecule has 1 fully saturated rings. The lowest BCUT2D eigenvalue weighted by Gasteiger charge is -2.48. The van der Waals surface area contributed by atoms with Crippen LogP contribution in [0, 0.1) is 29.6 Å². The van der Waals surface area contributed by atoms with E-state index < -0.39 is 0 Å². The number of allylic oxidation sites excluding steroid dienone is 14. The number of para-hydroxylation sites is 2. The molecule has 6 aromatic rings. The van der Waals surface area contributed by atoms with Crippen molar-refractivity contribution < 1.29 is 4.42 Å². The van der Waals surface area contributed by atoms with E-state index in [9.17, 15) is 0 Å². The lowest BCUT2D eigenvalue weighted by molar-refractivity contribution is 0.194. The van der Waals surface area contributed by atoms with Crippen molar-refractivity contribution in [2.75, 3.05) is 0 Å². The van der Waals surface area contributed by atoms with Gasteiger partial charge in [0.15, 0.2) is 0 Å². The van der Waals surface area contributed by atoms with E-state index in [0.29, 0.717) is 5.92 Å². The molecule has 11 rings (SSSR count). The molecular weight excluding hydrogens is 899 g/mol. The van der Waals surface area contributed by atoms with Crippen molar-refractivity contribution in [2.24, 2.45) is 40.3 Å². The Kier molecular flexibility index (Phi) is 14.9. The highest BCUT2D eigenvalue weighted by Gasteiger charge is 2.45. The smallest absolute Gasteiger partial charge is 0.143 e. The van der Waals surface area contributed by atoms with Crippen LogP contribution in [0.1, 0.15) is 94.4 Å². The van der Waals surface area contributed by atoms with Gasteiger partial charge in [-0.2, -0.15) is 0 Å². The molecule has 5 aromatic carbocycles. The van der Waals surface area contributed by atoms with Crippen LogP contribution in [0.3, 0.4) is 0 Å². The second-order valence-electron chi connectivity index (χ2n) is 21.1. The number of benzene rings is 5. The Hall–Kier alpha value is -7.27. The average molecular weight is 970 g/mol. The normalized spacial score (nSPS) is 25.3. The molecule has 4 nitrogen and oxygen atoms in total. The number of rotatable bonds is 13. The molecule has 1 aromatic heterocycles. The third-order valence-electron chi connectivity index (χ3n) is 16.5. The van der Waals surface area contributed by atoms with Crippen molar-refractivity contribution in [1.29, 1.82) is 0 Å². The van der Waals surface area contributed by atoms with Crippen molar-refractivity contribution in [1.82, 2.24) is 5.32 Å². The first-order chi connectivity index (χ1) is 36.4. The molecule has 3 N–H and O–H groups in total. The minimum atomic E-state index is -0.196. The molecule has 74 heavy (non-hydrogen) atoms. The van der Waals surface area contributed by atoms with Crippen molar-refractivity contribution in [3.8, 4) is 11.1 Å². The van der Waals surface area contributed by atoms with Gasteiger partial charge in [-0.25, -0.2) is 0 Å². The molecule has 8 atom stereocenters. The Bertz CT molecular complexity index is 3330. The van der Waals surface area contributed by atoms with Crippen molar-refractivity contribution in [2.45, 2.75) is 89.8 Å². The molecule has 0 saturated carbocycles. The number of nitrogens with two attached hydrogens (primary N) is 1. The summed E-state index contributed by atoms with van der Waals surface area (Å²) in [5, 5.41) is 6.60. The Morgan fingerprint density at radius 2 is 1.50 bits per heavy atom. The Morgan fingerprint density at radius 1 is 0.730 bits per heavy atom. The molecule has 4 aliphatic carbocycles. The topological polar surface area (TPSA) is 63.5 Å². The summed E-state index contributed by atoms with van der Waals surface area (Å²) in [6.45, 7) is 8.83. The van der Waals surface area contributed by atoms with Crippen LogP contribution in [0.2, 0.25) is 0 Å². The molecule has 1 saturated heterocycles. The van der Waals surface area contributed by atoms with Crippen LogP contribution in [0.5, 0.6) is 0 Å². The molecule has 0 spiro atoms. The Morgan fingerprint density at radius 3 is 2.31 bits per heavy atom. The summed E-state index contributed by atoms with van der Waals surface area (Å²) in [6, 6.07) is 45.8. The van der Waals surface area contributed by atoms with Crippen LogP contribution in [0.25, 0.3) is 38.6 Å². The van der Waals surface area contributed by atoms with Gasteiger partial charge in [-0.3, -0.25) is 4.99 Å². The molecular formula is C70H71N3O. The predicted molar refractivity (Wildman–Crippen MR) is 313 cm³/mol. The molecule has 0 amide bonds. The molecule has 5 aliphatic rings. The van der Waals surface area contributed by atoms with E-state index in [1.165, 1.54) is 57.5 Å². The number of nitrogens with zero attached hydrogens (tertiary/aromatic N) is 1. The minimum Gasteiger partial charge on any atom is -0.455 e. The van der Waals surface area contributed by atoms with Gasteiger partial charge in [-0.1, -0.05) is 208 Å². The summed E-state index contributed by atoms with van der Waals surface area (Å²) in [7, 11) is 0.